The van der Waals surface area contributed by atoms with Crippen LogP contribution in [0.4, 0.5) is 0 Å². The molecule has 1 aromatic heterocycles. The number of aryl methyl sites for hydroxylation is 2. The van der Waals surface area contributed by atoms with E-state index in [4.69, 9.17) is 23.2 Å². The lowest BCUT2D eigenvalue weighted by atomic mass is 10.0. The molecule has 19 heavy (non-hydrogen) atoms. The van der Waals surface area contributed by atoms with Crippen LogP contribution < -0.4 is 5.56 Å². The molecule has 0 aliphatic rings. The van der Waals surface area contributed by atoms with Gasteiger partial charge in [0, 0.05) is 46.4 Å². The number of hydrogen-bond donors (Lipinski definition) is 1. The van der Waals surface area contributed by atoms with Gasteiger partial charge < -0.3 is 0 Å². The number of benzene rings is 1. The van der Waals surface area contributed by atoms with Crippen LogP contribution in [-0.4, -0.2) is 38.6 Å². The summed E-state index contributed by atoms with van der Waals surface area (Å²) in [7, 11) is 1.55. The lowest BCUT2D eigenvalue weighted by molar-refractivity contribution is 0.103. The topological polar surface area (TPSA) is 54.9 Å². The van der Waals surface area contributed by atoms with Crippen LogP contribution in [0.15, 0.2) is 23.0 Å². The van der Waals surface area contributed by atoms with Gasteiger partial charge in [0.2, 0.25) is 5.78 Å². The van der Waals surface area contributed by atoms with Gasteiger partial charge in [-0.2, -0.15) is 0 Å². The molecule has 0 bridgehead atoms. The summed E-state index contributed by atoms with van der Waals surface area (Å²) < 4.78 is 1.26. The van der Waals surface area contributed by atoms with E-state index in [9.17, 15) is 9.59 Å². The summed E-state index contributed by atoms with van der Waals surface area (Å²) in [5.41, 5.74) is 0.504. The van der Waals surface area contributed by atoms with Crippen molar-refractivity contribution in [1.29, 1.82) is 0 Å². The molecule has 1 aromatic carbocycles. The van der Waals surface area contributed by atoms with Crippen molar-refractivity contribution in [2.75, 3.05) is 0 Å². The Labute approximate surface area is 135 Å². The third-order valence-electron chi connectivity index (χ3n) is 2.63. The summed E-state index contributed by atoms with van der Waals surface area (Å²) in [5.74, 6) is -0.406. The minimum absolute atomic E-state index is 0. The zero-order valence-electron chi connectivity index (χ0n) is 10.5. The quantitative estimate of drug-likeness (QED) is 0.683. The molecule has 0 fully saturated rings. The van der Waals surface area contributed by atoms with Crippen LogP contribution in [0.1, 0.15) is 21.6 Å². The van der Waals surface area contributed by atoms with E-state index in [2.05, 4.69) is 5.10 Å². The average molecular weight is 309 g/mol. The average Bonchev–Trinajstić information content (AvgIpc) is 2.52. The summed E-state index contributed by atoms with van der Waals surface area (Å²) in [6.07, 6.45) is 0. The standard InChI is InChI=1S/C12H10Cl2N2O2.Mg/c1-6-10(12(18)16(2)15-6)11(17)8-4-3-7(13)5-9(8)14;/h3-5,15H,1-2H3;. The Hall–Kier alpha value is -0.754. The lowest BCUT2D eigenvalue weighted by Gasteiger charge is -2.02. The van der Waals surface area contributed by atoms with Gasteiger partial charge in [-0.05, 0) is 25.1 Å². The highest BCUT2D eigenvalue weighted by Crippen LogP contribution is 2.23. The molecule has 2 rings (SSSR count). The molecule has 1 N–H and O–H groups in total. The van der Waals surface area contributed by atoms with E-state index in [1.165, 1.54) is 16.8 Å². The molecule has 7 heteroatoms. The number of nitrogens with one attached hydrogen (secondary N) is 1. The number of aromatic amines is 1. The van der Waals surface area contributed by atoms with E-state index in [0.29, 0.717) is 10.7 Å². The molecule has 0 aliphatic carbocycles. The predicted octanol–water partition coefficient (Wildman–Crippen LogP) is 2.18. The highest BCUT2D eigenvalue weighted by molar-refractivity contribution is 6.37. The molecule has 0 unspecified atom stereocenters. The molecule has 0 saturated carbocycles. The number of aromatic nitrogens is 2. The third-order valence-corrected chi connectivity index (χ3v) is 3.18. The molecule has 0 spiro atoms. The fourth-order valence-electron chi connectivity index (χ4n) is 1.76. The van der Waals surface area contributed by atoms with Gasteiger partial charge in [0.1, 0.15) is 5.56 Å². The molecule has 0 saturated heterocycles. The summed E-state index contributed by atoms with van der Waals surface area (Å²) in [5, 5.41) is 3.44. The maximum Gasteiger partial charge on any atom is 0.277 e. The number of carbonyl (C=O) groups excluding carboxylic acids is 1. The molecule has 2 aromatic rings. The van der Waals surface area contributed by atoms with Crippen LogP contribution in [0.2, 0.25) is 10.0 Å². The highest BCUT2D eigenvalue weighted by Gasteiger charge is 2.21. The van der Waals surface area contributed by atoms with Crippen LogP contribution in [0, 0.1) is 6.92 Å². The third kappa shape index (κ3) is 3.05. The van der Waals surface area contributed by atoms with Crippen molar-refractivity contribution >= 4 is 52.0 Å². The maximum atomic E-state index is 12.3. The maximum absolute atomic E-state index is 12.3. The first-order valence-corrected chi connectivity index (χ1v) is 5.92. The number of hydrogen-bond acceptors (Lipinski definition) is 2. The Kier molecular flexibility index (Phi) is 5.26. The van der Waals surface area contributed by atoms with Crippen LogP contribution >= 0.6 is 23.2 Å². The molecule has 0 atom stereocenters. The number of carbonyl (C=O) groups is 1. The Balaban J connectivity index is 0.00000180. The van der Waals surface area contributed by atoms with E-state index in [1.807, 2.05) is 0 Å². The molecule has 2 radical (unpaired) electrons. The summed E-state index contributed by atoms with van der Waals surface area (Å²) in [6.45, 7) is 1.67. The zero-order chi connectivity index (χ0) is 13.4. The van der Waals surface area contributed by atoms with Crippen molar-refractivity contribution in [3.05, 3.63) is 55.4 Å². The lowest BCUT2D eigenvalue weighted by Crippen LogP contribution is -2.19. The number of halogens is 2. The van der Waals surface area contributed by atoms with Crippen molar-refractivity contribution in [2.45, 2.75) is 6.92 Å². The van der Waals surface area contributed by atoms with Crippen LogP contribution in [0.5, 0.6) is 0 Å². The Morgan fingerprint density at radius 1 is 1.32 bits per heavy atom. The Bertz CT molecular complexity index is 692. The smallest absolute Gasteiger partial charge is 0.277 e. The number of H-pyrrole nitrogens is 1. The van der Waals surface area contributed by atoms with E-state index in [1.54, 1.807) is 20.0 Å². The summed E-state index contributed by atoms with van der Waals surface area (Å²) >= 11 is 11.7. The van der Waals surface area contributed by atoms with Crippen LogP contribution in [0.25, 0.3) is 0 Å². The van der Waals surface area contributed by atoms with Gasteiger partial charge in [-0.15, -0.1) is 0 Å². The molecular weight excluding hydrogens is 299 g/mol. The van der Waals surface area contributed by atoms with Crippen molar-refractivity contribution < 1.29 is 4.79 Å². The Morgan fingerprint density at radius 2 is 1.95 bits per heavy atom. The van der Waals surface area contributed by atoms with Crippen molar-refractivity contribution in [3.63, 3.8) is 0 Å². The second kappa shape index (κ2) is 6.13. The van der Waals surface area contributed by atoms with E-state index in [-0.39, 0.29) is 44.8 Å². The normalized spacial score (nSPS) is 10.1. The molecular formula is C12H10Cl2MgN2O2. The van der Waals surface area contributed by atoms with Gasteiger partial charge in [0.25, 0.3) is 5.56 Å². The van der Waals surface area contributed by atoms with Gasteiger partial charge >= 0.3 is 0 Å². The SMILES string of the molecule is Cc1[nH]n(C)c(=O)c1C(=O)c1ccc(Cl)cc1Cl.[Mg]. The van der Waals surface area contributed by atoms with E-state index in [0.717, 1.165) is 0 Å². The van der Waals surface area contributed by atoms with Gasteiger partial charge in [-0.1, -0.05) is 23.2 Å². The first-order valence-electron chi connectivity index (χ1n) is 5.17. The minimum atomic E-state index is -0.406. The summed E-state index contributed by atoms with van der Waals surface area (Å²) in [4.78, 5) is 24.1. The Morgan fingerprint density at radius 3 is 2.42 bits per heavy atom. The van der Waals surface area contributed by atoms with Crippen LogP contribution in [-0.2, 0) is 7.05 Å². The fourth-order valence-corrected chi connectivity index (χ4v) is 2.26. The van der Waals surface area contributed by atoms with Crippen molar-refractivity contribution in [1.82, 2.24) is 9.78 Å². The second-order valence-electron chi connectivity index (χ2n) is 3.93. The molecule has 1 heterocycles. The first-order chi connectivity index (χ1) is 8.41. The summed E-state index contributed by atoms with van der Waals surface area (Å²) in [6, 6.07) is 4.55. The molecule has 0 aliphatic heterocycles. The van der Waals surface area contributed by atoms with Gasteiger partial charge in [0.15, 0.2) is 0 Å². The van der Waals surface area contributed by atoms with Crippen LogP contribution in [0.3, 0.4) is 0 Å². The number of nitrogens with zero attached hydrogens (tertiary/aromatic N) is 1. The molecule has 4 nitrogen and oxygen atoms in total. The fraction of sp³-hybridized carbons (Fsp3) is 0.167. The van der Waals surface area contributed by atoms with Gasteiger partial charge in [-0.3, -0.25) is 19.4 Å². The number of rotatable bonds is 2. The van der Waals surface area contributed by atoms with Gasteiger partial charge in [-0.25, -0.2) is 0 Å². The highest BCUT2D eigenvalue weighted by atomic mass is 35.5. The van der Waals surface area contributed by atoms with Gasteiger partial charge in [0.05, 0.1) is 5.02 Å². The monoisotopic (exact) mass is 308 g/mol. The minimum Gasteiger partial charge on any atom is -0.299 e. The molecule has 96 valence electrons. The second-order valence-corrected chi connectivity index (χ2v) is 4.77. The number of ketones is 1. The van der Waals surface area contributed by atoms with Crippen molar-refractivity contribution in [3.8, 4) is 0 Å². The largest absolute Gasteiger partial charge is 0.299 e. The first kappa shape index (κ1) is 16.3. The predicted molar refractivity (Wildman–Crippen MR) is 76.4 cm³/mol. The molecule has 0 amide bonds. The van der Waals surface area contributed by atoms with Crippen molar-refractivity contribution in [2.24, 2.45) is 7.05 Å². The van der Waals surface area contributed by atoms with E-state index < -0.39 is 5.78 Å². The van der Waals surface area contributed by atoms with E-state index >= 15 is 0 Å². The zero-order valence-corrected chi connectivity index (χ0v) is 13.4.